The van der Waals surface area contributed by atoms with Crippen molar-refractivity contribution in [1.82, 2.24) is 5.32 Å². The zero-order valence-electron chi connectivity index (χ0n) is 15.1. The lowest BCUT2D eigenvalue weighted by molar-refractivity contribution is -0.142. The van der Waals surface area contributed by atoms with Crippen LogP contribution in [0.3, 0.4) is 0 Å². The summed E-state index contributed by atoms with van der Waals surface area (Å²) in [5.41, 5.74) is 0.532. The van der Waals surface area contributed by atoms with Crippen molar-refractivity contribution in [2.45, 2.75) is 51.7 Å². The highest BCUT2D eigenvalue weighted by Gasteiger charge is 2.21. The van der Waals surface area contributed by atoms with Crippen molar-refractivity contribution in [3.63, 3.8) is 0 Å². The van der Waals surface area contributed by atoms with Crippen molar-refractivity contribution in [2.24, 2.45) is 0 Å². The molecule has 0 aliphatic heterocycles. The van der Waals surface area contributed by atoms with Gasteiger partial charge in [-0.25, -0.2) is 4.79 Å². The number of aryl methyl sites for hydroxylation is 1. The van der Waals surface area contributed by atoms with Crippen LogP contribution >= 0.6 is 11.6 Å². The number of hydrogen-bond acceptors (Lipinski definition) is 4. The van der Waals surface area contributed by atoms with Gasteiger partial charge in [0.05, 0.1) is 17.7 Å². The van der Waals surface area contributed by atoms with Crippen molar-refractivity contribution >= 4 is 23.5 Å². The Morgan fingerprint density at radius 3 is 2.52 bits per heavy atom. The van der Waals surface area contributed by atoms with Gasteiger partial charge in [0.15, 0.2) is 0 Å². The third-order valence-electron chi connectivity index (χ3n) is 3.43. The molecule has 1 aromatic carbocycles. The summed E-state index contributed by atoms with van der Waals surface area (Å²) in [6.07, 6.45) is 0.847. The van der Waals surface area contributed by atoms with Gasteiger partial charge in [-0.3, -0.25) is 4.79 Å². The maximum Gasteiger partial charge on any atom is 0.326 e. The number of benzene rings is 1. The fourth-order valence-electron chi connectivity index (χ4n) is 2.13. The smallest absolute Gasteiger partial charge is 0.326 e. The largest absolute Gasteiger partial charge is 0.495 e. The number of carboxylic acid groups (broad SMARTS) is 1. The highest BCUT2D eigenvalue weighted by molar-refractivity contribution is 6.32. The zero-order valence-corrected chi connectivity index (χ0v) is 15.9. The van der Waals surface area contributed by atoms with Gasteiger partial charge in [0, 0.05) is 19.4 Å². The fraction of sp³-hybridized carbons (Fsp3) is 0.556. The van der Waals surface area contributed by atoms with E-state index in [0.717, 1.165) is 5.56 Å². The van der Waals surface area contributed by atoms with E-state index in [0.29, 0.717) is 17.2 Å². The molecule has 1 amide bonds. The molecule has 0 spiro atoms. The third-order valence-corrected chi connectivity index (χ3v) is 3.73. The minimum absolute atomic E-state index is 0.173. The predicted molar refractivity (Wildman–Crippen MR) is 96.2 cm³/mol. The molecule has 0 radical (unpaired) electrons. The van der Waals surface area contributed by atoms with E-state index in [2.05, 4.69) is 5.32 Å². The molecule has 0 fully saturated rings. The summed E-state index contributed by atoms with van der Waals surface area (Å²) in [7, 11) is 1.53. The van der Waals surface area contributed by atoms with Gasteiger partial charge in [0.1, 0.15) is 11.8 Å². The van der Waals surface area contributed by atoms with E-state index >= 15 is 0 Å². The second kappa shape index (κ2) is 9.63. The van der Waals surface area contributed by atoms with Gasteiger partial charge in [-0.15, -0.1) is 0 Å². The van der Waals surface area contributed by atoms with E-state index in [1.54, 1.807) is 12.1 Å². The van der Waals surface area contributed by atoms with Crippen LogP contribution in [0.5, 0.6) is 5.75 Å². The number of carboxylic acids is 1. The first-order chi connectivity index (χ1) is 11.6. The number of carbonyl (C=O) groups is 2. The highest BCUT2D eigenvalue weighted by atomic mass is 35.5. The molecule has 2 N–H and O–H groups in total. The van der Waals surface area contributed by atoms with E-state index in [4.69, 9.17) is 21.1 Å². The molecule has 6 nitrogen and oxygen atoms in total. The molecule has 0 aliphatic carbocycles. The van der Waals surface area contributed by atoms with Gasteiger partial charge in [0.25, 0.3) is 0 Å². The molecule has 1 unspecified atom stereocenters. The molecule has 0 saturated heterocycles. The average Bonchev–Trinajstić information content (AvgIpc) is 2.50. The Hall–Kier alpha value is -1.79. The molecular weight excluding hydrogens is 346 g/mol. The molecule has 0 aromatic heterocycles. The van der Waals surface area contributed by atoms with Crippen molar-refractivity contribution in [2.75, 3.05) is 13.7 Å². The number of amides is 1. The van der Waals surface area contributed by atoms with Crippen molar-refractivity contribution in [3.05, 3.63) is 28.8 Å². The van der Waals surface area contributed by atoms with Crippen molar-refractivity contribution in [1.29, 1.82) is 0 Å². The second-order valence-electron chi connectivity index (χ2n) is 6.68. The minimum Gasteiger partial charge on any atom is -0.495 e. The molecule has 0 heterocycles. The summed E-state index contributed by atoms with van der Waals surface area (Å²) in [6.45, 7) is 5.93. The number of rotatable bonds is 9. The topological polar surface area (TPSA) is 84.9 Å². The number of halogens is 1. The number of hydrogen-bond donors (Lipinski definition) is 2. The highest BCUT2D eigenvalue weighted by Crippen LogP contribution is 2.25. The first-order valence-corrected chi connectivity index (χ1v) is 8.48. The molecule has 0 bridgehead atoms. The summed E-state index contributed by atoms with van der Waals surface area (Å²) in [5, 5.41) is 12.2. The Kier molecular flexibility index (Phi) is 8.19. The van der Waals surface area contributed by atoms with Gasteiger partial charge < -0.3 is 19.9 Å². The number of ether oxygens (including phenoxy) is 2. The van der Waals surface area contributed by atoms with E-state index < -0.39 is 12.0 Å². The summed E-state index contributed by atoms with van der Waals surface area (Å²) in [5.74, 6) is -0.826. The van der Waals surface area contributed by atoms with Crippen LogP contribution in [0, 0.1) is 0 Å². The van der Waals surface area contributed by atoms with Crippen LogP contribution in [0.4, 0.5) is 0 Å². The lowest BCUT2D eigenvalue weighted by Crippen LogP contribution is -2.42. The van der Waals surface area contributed by atoms with Gasteiger partial charge in [-0.05, 0) is 44.9 Å². The summed E-state index contributed by atoms with van der Waals surface area (Å²) in [4.78, 5) is 23.3. The molecule has 1 aromatic rings. The van der Waals surface area contributed by atoms with Crippen LogP contribution in [0.25, 0.3) is 0 Å². The van der Waals surface area contributed by atoms with Gasteiger partial charge in [-0.2, -0.15) is 0 Å². The van der Waals surface area contributed by atoms with Crippen LogP contribution in [-0.2, 0) is 20.7 Å². The summed E-state index contributed by atoms with van der Waals surface area (Å²) >= 11 is 6.05. The lowest BCUT2D eigenvalue weighted by Gasteiger charge is -2.21. The van der Waals surface area contributed by atoms with E-state index in [-0.39, 0.29) is 31.0 Å². The Labute approximate surface area is 153 Å². The Morgan fingerprint density at radius 1 is 1.32 bits per heavy atom. The van der Waals surface area contributed by atoms with E-state index in [1.807, 2.05) is 26.8 Å². The summed E-state index contributed by atoms with van der Waals surface area (Å²) in [6, 6.07) is 4.33. The fourth-order valence-corrected chi connectivity index (χ4v) is 2.41. The lowest BCUT2D eigenvalue weighted by atomic mass is 10.1. The second-order valence-corrected chi connectivity index (χ2v) is 7.08. The van der Waals surface area contributed by atoms with Gasteiger partial charge in [0.2, 0.25) is 5.91 Å². The molecule has 1 rings (SSSR count). The van der Waals surface area contributed by atoms with Crippen molar-refractivity contribution in [3.8, 4) is 5.75 Å². The standard InChI is InChI=1S/C18H26ClNO5/c1-18(2,3)25-10-9-14(17(22)23)20-16(21)8-6-12-5-7-15(24-4)13(19)11-12/h5,7,11,14H,6,8-10H2,1-4H3,(H,20,21)(H,22,23). The minimum atomic E-state index is -1.07. The Bertz CT molecular complexity index is 598. The first kappa shape index (κ1) is 21.3. The van der Waals surface area contributed by atoms with E-state index in [9.17, 15) is 14.7 Å². The predicted octanol–water partition coefficient (Wildman–Crippen LogP) is 3.06. The number of nitrogens with one attached hydrogen (secondary N) is 1. The third kappa shape index (κ3) is 8.23. The average molecular weight is 372 g/mol. The molecule has 25 heavy (non-hydrogen) atoms. The molecular formula is C18H26ClNO5. The molecule has 7 heteroatoms. The molecule has 1 atom stereocenters. The van der Waals surface area contributed by atoms with Crippen LogP contribution in [0.15, 0.2) is 18.2 Å². The van der Waals surface area contributed by atoms with Crippen LogP contribution < -0.4 is 10.1 Å². The van der Waals surface area contributed by atoms with Gasteiger partial charge in [-0.1, -0.05) is 17.7 Å². The van der Waals surface area contributed by atoms with Crippen LogP contribution in [0.2, 0.25) is 5.02 Å². The van der Waals surface area contributed by atoms with Crippen LogP contribution in [0.1, 0.15) is 39.2 Å². The van der Waals surface area contributed by atoms with Crippen LogP contribution in [-0.4, -0.2) is 42.3 Å². The number of aliphatic carboxylic acids is 1. The molecule has 140 valence electrons. The quantitative estimate of drug-likeness (QED) is 0.696. The number of methoxy groups -OCH3 is 1. The molecule has 0 aliphatic rings. The monoisotopic (exact) mass is 371 g/mol. The van der Waals surface area contributed by atoms with Gasteiger partial charge >= 0.3 is 5.97 Å². The van der Waals surface area contributed by atoms with E-state index in [1.165, 1.54) is 7.11 Å². The number of carbonyl (C=O) groups excluding carboxylic acids is 1. The maximum absolute atomic E-state index is 12.0. The normalized spacial score (nSPS) is 12.5. The Morgan fingerprint density at radius 2 is 2.00 bits per heavy atom. The molecule has 0 saturated carbocycles. The maximum atomic E-state index is 12.0. The first-order valence-electron chi connectivity index (χ1n) is 8.11. The SMILES string of the molecule is COc1ccc(CCC(=O)NC(CCOC(C)(C)C)C(=O)O)cc1Cl. The Balaban J connectivity index is 2.49. The zero-order chi connectivity index (χ0) is 19.0. The van der Waals surface area contributed by atoms with Crippen molar-refractivity contribution < 1.29 is 24.2 Å². The summed E-state index contributed by atoms with van der Waals surface area (Å²) < 4.78 is 10.6.